The first-order chi connectivity index (χ1) is 14.7. The Kier molecular flexibility index (Phi) is 8.33. The van der Waals surface area contributed by atoms with Crippen molar-refractivity contribution in [3.8, 4) is 5.75 Å². The Morgan fingerprint density at radius 2 is 1.65 bits per heavy atom. The normalized spacial score (nSPS) is 10.5. The van der Waals surface area contributed by atoms with Gasteiger partial charge >= 0.3 is 17.6 Å². The Morgan fingerprint density at radius 1 is 1.00 bits per heavy atom. The molecule has 164 valence electrons. The second kappa shape index (κ2) is 10.9. The van der Waals surface area contributed by atoms with Gasteiger partial charge in [0.15, 0.2) is 0 Å². The molecule has 2 N–H and O–H groups in total. The molecule has 0 aliphatic rings. The van der Waals surface area contributed by atoms with Crippen LogP contribution in [-0.2, 0) is 29.1 Å². The summed E-state index contributed by atoms with van der Waals surface area (Å²) in [6, 6.07) is 15.7. The van der Waals surface area contributed by atoms with Crippen molar-refractivity contribution in [2.24, 2.45) is 0 Å². The number of methoxy groups -OCH3 is 1. The van der Waals surface area contributed by atoms with Gasteiger partial charge in [-0.1, -0.05) is 37.3 Å². The van der Waals surface area contributed by atoms with Crippen LogP contribution in [0, 0.1) is 0 Å². The van der Waals surface area contributed by atoms with E-state index in [4.69, 9.17) is 29.0 Å². The topological polar surface area (TPSA) is 117 Å². The Balaban J connectivity index is 0.000000501. The van der Waals surface area contributed by atoms with E-state index < -0.39 is 11.9 Å². The van der Waals surface area contributed by atoms with Gasteiger partial charge in [0.2, 0.25) is 0 Å². The Bertz CT molecular complexity index is 1110. The minimum atomic E-state index is -1.82. The summed E-state index contributed by atoms with van der Waals surface area (Å²) < 4.78 is 10.8. The van der Waals surface area contributed by atoms with Crippen molar-refractivity contribution in [1.82, 2.24) is 4.90 Å². The van der Waals surface area contributed by atoms with Gasteiger partial charge in [-0.15, -0.1) is 0 Å². The van der Waals surface area contributed by atoms with Gasteiger partial charge in [-0.3, -0.25) is 4.90 Å². The number of carbonyl (C=O) groups is 2. The average molecular weight is 427 g/mol. The van der Waals surface area contributed by atoms with Gasteiger partial charge in [0.1, 0.15) is 11.3 Å². The molecule has 3 rings (SSSR count). The highest BCUT2D eigenvalue weighted by Gasteiger charge is 2.11. The summed E-state index contributed by atoms with van der Waals surface area (Å²) in [5.41, 5.74) is 3.61. The van der Waals surface area contributed by atoms with Gasteiger partial charge in [0, 0.05) is 30.1 Å². The average Bonchev–Trinajstić information content (AvgIpc) is 2.73. The van der Waals surface area contributed by atoms with Gasteiger partial charge in [0.05, 0.1) is 7.11 Å². The van der Waals surface area contributed by atoms with Crippen LogP contribution in [-0.4, -0.2) is 41.2 Å². The zero-order valence-electron chi connectivity index (χ0n) is 17.6. The summed E-state index contributed by atoms with van der Waals surface area (Å²) in [5.74, 6) is -2.77. The molecule has 0 aliphatic carbocycles. The lowest BCUT2D eigenvalue weighted by atomic mass is 10.1. The minimum absolute atomic E-state index is 0.304. The largest absolute Gasteiger partial charge is 0.496 e. The summed E-state index contributed by atoms with van der Waals surface area (Å²) in [5, 5.41) is 15.8. The molecule has 0 amide bonds. The van der Waals surface area contributed by atoms with E-state index in [-0.39, 0.29) is 5.63 Å². The number of rotatable bonds is 6. The number of ether oxygens (including phenoxy) is 1. The summed E-state index contributed by atoms with van der Waals surface area (Å²) in [6.45, 7) is 3.48. The van der Waals surface area contributed by atoms with Crippen LogP contribution in [0.3, 0.4) is 0 Å². The molecule has 1 heterocycles. The molecule has 8 heteroatoms. The number of carboxylic acid groups (broad SMARTS) is 2. The lowest BCUT2D eigenvalue weighted by molar-refractivity contribution is -0.159. The van der Waals surface area contributed by atoms with E-state index >= 15 is 0 Å². The first kappa shape index (κ1) is 23.6. The summed E-state index contributed by atoms with van der Waals surface area (Å²) >= 11 is 0. The fraction of sp³-hybridized carbons (Fsp3) is 0.261. The molecule has 1 aromatic heterocycles. The first-order valence-electron chi connectivity index (χ1n) is 9.57. The number of aliphatic carboxylic acids is 2. The highest BCUT2D eigenvalue weighted by molar-refractivity contribution is 6.27. The van der Waals surface area contributed by atoms with Gasteiger partial charge in [-0.2, -0.15) is 0 Å². The molecule has 2 aromatic carbocycles. The van der Waals surface area contributed by atoms with Crippen LogP contribution in [0.15, 0.2) is 57.7 Å². The Hall–Kier alpha value is -3.65. The molecule has 0 saturated carbocycles. The highest BCUT2D eigenvalue weighted by Crippen LogP contribution is 2.23. The van der Waals surface area contributed by atoms with Crippen LogP contribution >= 0.6 is 0 Å². The summed E-state index contributed by atoms with van der Waals surface area (Å²) in [6.07, 6.45) is 0.914. The monoisotopic (exact) mass is 427 g/mol. The third-order valence-electron chi connectivity index (χ3n) is 4.56. The third kappa shape index (κ3) is 6.68. The van der Waals surface area contributed by atoms with Crippen LogP contribution < -0.4 is 10.4 Å². The van der Waals surface area contributed by atoms with Gasteiger partial charge < -0.3 is 19.4 Å². The van der Waals surface area contributed by atoms with Crippen molar-refractivity contribution >= 4 is 22.9 Å². The number of nitrogens with zero attached hydrogens (tertiary/aromatic N) is 1. The minimum Gasteiger partial charge on any atom is -0.496 e. The number of carboxylic acids is 2. The third-order valence-corrected chi connectivity index (χ3v) is 4.56. The molecule has 0 bridgehead atoms. The maximum atomic E-state index is 11.9. The predicted octanol–water partition coefficient (Wildman–Crippen LogP) is 3.15. The number of hydrogen-bond acceptors (Lipinski definition) is 6. The molecule has 0 fully saturated rings. The number of fused-ring (bicyclic) bond motifs is 1. The van der Waals surface area contributed by atoms with Crippen LogP contribution in [0.2, 0.25) is 0 Å². The van der Waals surface area contributed by atoms with E-state index in [2.05, 4.69) is 24.0 Å². The Morgan fingerprint density at radius 3 is 2.26 bits per heavy atom. The molecular weight excluding hydrogens is 402 g/mol. The molecule has 0 radical (unpaired) electrons. The molecule has 31 heavy (non-hydrogen) atoms. The van der Waals surface area contributed by atoms with Gasteiger partial charge in [-0.05, 0) is 36.7 Å². The standard InChI is InChI=1S/C21H23NO3.C2H2O4/c1-4-15-9-10-18-17(12-21(23)25-20(18)11-15)14-22(2)13-16-7-5-6-8-19(16)24-3;3-1(4)2(5)6/h5-12H,4,13-14H2,1-3H3;(H,3,4)(H,5,6). The zero-order valence-corrected chi connectivity index (χ0v) is 17.6. The molecule has 0 aliphatic heterocycles. The SMILES string of the molecule is CCc1ccc2c(CN(C)Cc3ccccc3OC)cc(=O)oc2c1.O=C(O)C(=O)O. The molecule has 0 unspecified atom stereocenters. The molecule has 0 saturated heterocycles. The van der Waals surface area contributed by atoms with E-state index in [1.165, 1.54) is 0 Å². The van der Waals surface area contributed by atoms with E-state index in [0.717, 1.165) is 40.8 Å². The molecule has 8 nitrogen and oxygen atoms in total. The van der Waals surface area contributed by atoms with E-state index in [1.54, 1.807) is 13.2 Å². The fourth-order valence-electron chi connectivity index (χ4n) is 3.10. The molecule has 0 atom stereocenters. The van der Waals surface area contributed by atoms with Crippen LogP contribution in [0.1, 0.15) is 23.6 Å². The smallest absolute Gasteiger partial charge is 0.414 e. The van der Waals surface area contributed by atoms with Crippen molar-refractivity contribution in [3.05, 3.63) is 75.6 Å². The van der Waals surface area contributed by atoms with Crippen molar-refractivity contribution in [1.29, 1.82) is 0 Å². The van der Waals surface area contributed by atoms with Crippen LogP contribution in [0.4, 0.5) is 0 Å². The summed E-state index contributed by atoms with van der Waals surface area (Å²) in [4.78, 5) is 32.3. The number of benzene rings is 2. The van der Waals surface area contributed by atoms with Crippen molar-refractivity contribution in [2.75, 3.05) is 14.2 Å². The van der Waals surface area contributed by atoms with E-state index in [9.17, 15) is 4.79 Å². The lowest BCUT2D eigenvalue weighted by Gasteiger charge is -2.19. The van der Waals surface area contributed by atoms with Crippen molar-refractivity contribution < 1.29 is 29.0 Å². The zero-order chi connectivity index (χ0) is 23.0. The first-order valence-corrected chi connectivity index (χ1v) is 9.57. The number of aryl methyl sites for hydroxylation is 1. The lowest BCUT2D eigenvalue weighted by Crippen LogP contribution is -2.19. The van der Waals surface area contributed by atoms with E-state index in [1.807, 2.05) is 37.4 Å². The molecular formula is C23H25NO7. The summed E-state index contributed by atoms with van der Waals surface area (Å²) in [7, 11) is 3.72. The number of hydrogen-bond donors (Lipinski definition) is 2. The molecule has 3 aromatic rings. The van der Waals surface area contributed by atoms with Gasteiger partial charge in [0.25, 0.3) is 0 Å². The second-order valence-corrected chi connectivity index (χ2v) is 6.87. The highest BCUT2D eigenvalue weighted by atomic mass is 16.5. The number of para-hydroxylation sites is 1. The predicted molar refractivity (Wildman–Crippen MR) is 115 cm³/mol. The van der Waals surface area contributed by atoms with Gasteiger partial charge in [-0.25, -0.2) is 14.4 Å². The van der Waals surface area contributed by atoms with E-state index in [0.29, 0.717) is 12.1 Å². The maximum Gasteiger partial charge on any atom is 0.414 e. The van der Waals surface area contributed by atoms with Crippen molar-refractivity contribution in [3.63, 3.8) is 0 Å². The maximum absolute atomic E-state index is 11.9. The van der Waals surface area contributed by atoms with Crippen LogP contribution in [0.25, 0.3) is 11.0 Å². The van der Waals surface area contributed by atoms with Crippen LogP contribution in [0.5, 0.6) is 5.75 Å². The van der Waals surface area contributed by atoms with Crippen molar-refractivity contribution in [2.45, 2.75) is 26.4 Å². The Labute approximate surface area is 179 Å². The quantitative estimate of drug-likeness (QED) is 0.455. The molecule has 0 spiro atoms. The fourth-order valence-corrected chi connectivity index (χ4v) is 3.10. The second-order valence-electron chi connectivity index (χ2n) is 6.87.